The first-order valence-electron chi connectivity index (χ1n) is 6.86. The van der Waals surface area contributed by atoms with E-state index in [0.29, 0.717) is 6.42 Å². The molecule has 5 heteroatoms. The number of benzene rings is 1. The number of carbonyl (C=O) groups is 2. The molecule has 114 valence electrons. The Morgan fingerprint density at radius 3 is 2.43 bits per heavy atom. The second-order valence-electron chi connectivity index (χ2n) is 4.95. The molecular weight excluding hydrogens is 334 g/mol. The number of ketones is 1. The second-order valence-corrected chi connectivity index (χ2v) is 5.87. The van der Waals surface area contributed by atoms with Crippen LogP contribution in [0.25, 0.3) is 0 Å². The minimum atomic E-state index is -0.590. The summed E-state index contributed by atoms with van der Waals surface area (Å²) in [6.07, 6.45) is 1.73. The van der Waals surface area contributed by atoms with Crippen molar-refractivity contribution in [2.45, 2.75) is 27.2 Å². The Labute approximate surface area is 133 Å². The summed E-state index contributed by atoms with van der Waals surface area (Å²) in [4.78, 5) is 24.0. The van der Waals surface area contributed by atoms with Crippen LogP contribution < -0.4 is 5.32 Å². The molecule has 0 atom stereocenters. The number of carbonyl (C=O) groups excluding carboxylic acids is 2. The van der Waals surface area contributed by atoms with Gasteiger partial charge in [-0.3, -0.25) is 4.79 Å². The molecule has 21 heavy (non-hydrogen) atoms. The van der Waals surface area contributed by atoms with Gasteiger partial charge in [0.1, 0.15) is 5.57 Å². The molecule has 1 rings (SSSR count). The lowest BCUT2D eigenvalue weighted by molar-refractivity contribution is -0.140. The molecule has 1 aromatic rings. The van der Waals surface area contributed by atoms with Crippen molar-refractivity contribution in [1.82, 2.24) is 0 Å². The number of Topliss-reactive ketones (excluding diaryl/α,β-unsaturated/α-hetero) is 1. The molecule has 1 aromatic carbocycles. The summed E-state index contributed by atoms with van der Waals surface area (Å²) in [5.74, 6) is -0.621. The largest absolute Gasteiger partial charge is 0.462 e. The van der Waals surface area contributed by atoms with E-state index in [-0.39, 0.29) is 23.9 Å². The van der Waals surface area contributed by atoms with Crippen LogP contribution in [0.2, 0.25) is 0 Å². The standard InChI is InChI=1S/C16H20BrNO3/c1-4-21-16(20)14(15(19)9-11(2)3)10-18-13-7-5-12(17)6-8-13/h5-8,10-11,18H,4,9H2,1-3H3/b14-10+. The lowest BCUT2D eigenvalue weighted by Gasteiger charge is -2.09. The quantitative estimate of drug-likeness (QED) is 0.349. The zero-order valence-corrected chi connectivity index (χ0v) is 14.1. The van der Waals surface area contributed by atoms with Gasteiger partial charge in [0.15, 0.2) is 5.78 Å². The number of esters is 1. The minimum absolute atomic E-state index is 0.0495. The highest BCUT2D eigenvalue weighted by atomic mass is 79.9. The molecule has 0 aliphatic heterocycles. The Bertz CT molecular complexity index is 521. The van der Waals surface area contributed by atoms with Gasteiger partial charge in [0.05, 0.1) is 6.61 Å². The Balaban J connectivity index is 2.88. The van der Waals surface area contributed by atoms with E-state index in [4.69, 9.17) is 4.74 Å². The zero-order valence-electron chi connectivity index (χ0n) is 12.5. The molecule has 0 unspecified atom stereocenters. The number of rotatable bonds is 7. The highest BCUT2D eigenvalue weighted by Crippen LogP contribution is 2.15. The minimum Gasteiger partial charge on any atom is -0.462 e. The van der Waals surface area contributed by atoms with Crippen LogP contribution in [-0.2, 0) is 14.3 Å². The van der Waals surface area contributed by atoms with Gasteiger partial charge < -0.3 is 10.1 Å². The van der Waals surface area contributed by atoms with E-state index in [0.717, 1.165) is 10.2 Å². The van der Waals surface area contributed by atoms with Gasteiger partial charge in [-0.25, -0.2) is 4.79 Å². The van der Waals surface area contributed by atoms with Gasteiger partial charge in [-0.05, 0) is 37.1 Å². The monoisotopic (exact) mass is 353 g/mol. The molecular formula is C16H20BrNO3. The van der Waals surface area contributed by atoms with Crippen LogP contribution in [0.4, 0.5) is 5.69 Å². The van der Waals surface area contributed by atoms with Gasteiger partial charge in [0.2, 0.25) is 0 Å². The number of anilines is 1. The van der Waals surface area contributed by atoms with Gasteiger partial charge in [0, 0.05) is 22.8 Å². The van der Waals surface area contributed by atoms with Crippen LogP contribution in [0, 0.1) is 5.92 Å². The Hall–Kier alpha value is -1.62. The average molecular weight is 354 g/mol. The fourth-order valence-electron chi connectivity index (χ4n) is 1.64. The first kappa shape index (κ1) is 17.4. The summed E-state index contributed by atoms with van der Waals surface area (Å²) in [5, 5.41) is 2.96. The second kappa shape index (κ2) is 8.62. The molecule has 0 aliphatic rings. The summed E-state index contributed by atoms with van der Waals surface area (Å²) in [5.41, 5.74) is 0.839. The molecule has 4 nitrogen and oxygen atoms in total. The maximum Gasteiger partial charge on any atom is 0.343 e. The summed E-state index contributed by atoms with van der Waals surface area (Å²) < 4.78 is 5.90. The van der Waals surface area contributed by atoms with Crippen molar-refractivity contribution in [2.24, 2.45) is 5.92 Å². The molecule has 0 radical (unpaired) electrons. The molecule has 0 fully saturated rings. The topological polar surface area (TPSA) is 55.4 Å². The van der Waals surface area contributed by atoms with Crippen molar-refractivity contribution in [3.8, 4) is 0 Å². The number of ether oxygens (including phenoxy) is 1. The molecule has 0 aliphatic carbocycles. The molecule has 1 N–H and O–H groups in total. The molecule has 0 bridgehead atoms. The highest BCUT2D eigenvalue weighted by Gasteiger charge is 2.20. The highest BCUT2D eigenvalue weighted by molar-refractivity contribution is 9.10. The van der Waals surface area contributed by atoms with E-state index in [2.05, 4.69) is 21.2 Å². The van der Waals surface area contributed by atoms with Crippen molar-refractivity contribution in [1.29, 1.82) is 0 Å². The summed E-state index contributed by atoms with van der Waals surface area (Å²) in [6, 6.07) is 7.43. The van der Waals surface area contributed by atoms with Crippen LogP contribution in [0.15, 0.2) is 40.5 Å². The van der Waals surface area contributed by atoms with E-state index >= 15 is 0 Å². The van der Waals surface area contributed by atoms with E-state index in [1.165, 1.54) is 6.20 Å². The smallest absolute Gasteiger partial charge is 0.343 e. The summed E-state index contributed by atoms with van der Waals surface area (Å²) in [6.45, 7) is 5.82. The Morgan fingerprint density at radius 2 is 1.90 bits per heavy atom. The van der Waals surface area contributed by atoms with Crippen molar-refractivity contribution < 1.29 is 14.3 Å². The van der Waals surface area contributed by atoms with Crippen molar-refractivity contribution >= 4 is 33.4 Å². The Kier molecular flexibility index (Phi) is 7.15. The van der Waals surface area contributed by atoms with Crippen LogP contribution in [0.1, 0.15) is 27.2 Å². The lowest BCUT2D eigenvalue weighted by atomic mass is 10.0. The van der Waals surface area contributed by atoms with Crippen LogP contribution in [0.5, 0.6) is 0 Å². The third kappa shape index (κ3) is 6.12. The summed E-state index contributed by atoms with van der Waals surface area (Å²) in [7, 11) is 0. The molecule has 0 saturated heterocycles. The van der Waals surface area contributed by atoms with Gasteiger partial charge in [-0.2, -0.15) is 0 Å². The number of nitrogens with one attached hydrogen (secondary N) is 1. The fourth-order valence-corrected chi connectivity index (χ4v) is 1.91. The third-order valence-corrected chi connectivity index (χ3v) is 3.15. The third-order valence-electron chi connectivity index (χ3n) is 2.62. The molecule has 0 aromatic heterocycles. The molecule has 0 saturated carbocycles. The van der Waals surface area contributed by atoms with Crippen molar-refractivity contribution in [3.05, 3.63) is 40.5 Å². The average Bonchev–Trinajstić information content (AvgIpc) is 2.40. The lowest BCUT2D eigenvalue weighted by Crippen LogP contribution is -2.18. The van der Waals surface area contributed by atoms with Gasteiger partial charge >= 0.3 is 5.97 Å². The SMILES string of the molecule is CCOC(=O)/C(=C/Nc1ccc(Br)cc1)C(=O)CC(C)C. The zero-order chi connectivity index (χ0) is 15.8. The Morgan fingerprint density at radius 1 is 1.29 bits per heavy atom. The van der Waals surface area contributed by atoms with Crippen LogP contribution in [-0.4, -0.2) is 18.4 Å². The van der Waals surface area contributed by atoms with E-state index in [1.54, 1.807) is 6.92 Å². The molecule has 0 amide bonds. The maximum atomic E-state index is 12.1. The van der Waals surface area contributed by atoms with Gasteiger partial charge in [-0.15, -0.1) is 0 Å². The predicted molar refractivity (Wildman–Crippen MR) is 86.9 cm³/mol. The van der Waals surface area contributed by atoms with Crippen molar-refractivity contribution in [3.63, 3.8) is 0 Å². The van der Waals surface area contributed by atoms with Crippen molar-refractivity contribution in [2.75, 3.05) is 11.9 Å². The normalized spacial score (nSPS) is 11.4. The number of halogens is 1. The number of hydrogen-bond donors (Lipinski definition) is 1. The van der Waals surface area contributed by atoms with E-state index < -0.39 is 5.97 Å². The van der Waals surface area contributed by atoms with Gasteiger partial charge in [0.25, 0.3) is 0 Å². The first-order valence-corrected chi connectivity index (χ1v) is 7.66. The fraction of sp³-hybridized carbons (Fsp3) is 0.375. The molecule has 0 spiro atoms. The summed E-state index contributed by atoms with van der Waals surface area (Å²) >= 11 is 3.35. The van der Waals surface area contributed by atoms with Crippen LogP contribution in [0.3, 0.4) is 0 Å². The van der Waals surface area contributed by atoms with Gasteiger partial charge in [-0.1, -0.05) is 29.8 Å². The first-order chi connectivity index (χ1) is 9.93. The van der Waals surface area contributed by atoms with Crippen LogP contribution >= 0.6 is 15.9 Å². The number of hydrogen-bond acceptors (Lipinski definition) is 4. The predicted octanol–water partition coefficient (Wildman–Crippen LogP) is 3.92. The molecule has 0 heterocycles. The maximum absolute atomic E-state index is 12.1. The van der Waals surface area contributed by atoms with E-state index in [1.807, 2.05) is 38.1 Å². The van der Waals surface area contributed by atoms with E-state index in [9.17, 15) is 9.59 Å².